The van der Waals surface area contributed by atoms with Crippen LogP contribution in [0.2, 0.25) is 0 Å². The van der Waals surface area contributed by atoms with E-state index in [0.29, 0.717) is 18.7 Å². The number of likely N-dealkylation sites (tertiary alicyclic amines) is 1. The van der Waals surface area contributed by atoms with E-state index in [1.807, 2.05) is 4.68 Å². The summed E-state index contributed by atoms with van der Waals surface area (Å²) < 4.78 is 1.91. The van der Waals surface area contributed by atoms with Crippen molar-refractivity contribution >= 4 is 11.9 Å². The molecule has 0 unspecified atom stereocenters. The summed E-state index contributed by atoms with van der Waals surface area (Å²) in [5.41, 5.74) is 4.91. The third-order valence-electron chi connectivity index (χ3n) is 5.78. The van der Waals surface area contributed by atoms with Gasteiger partial charge >= 0.3 is 5.97 Å². The molecule has 27 heavy (non-hydrogen) atoms. The van der Waals surface area contributed by atoms with Gasteiger partial charge in [0.1, 0.15) is 0 Å². The van der Waals surface area contributed by atoms with E-state index < -0.39 is 11.9 Å². The first-order valence-electron chi connectivity index (χ1n) is 9.80. The van der Waals surface area contributed by atoms with E-state index in [-0.39, 0.29) is 12.5 Å². The van der Waals surface area contributed by atoms with Crippen LogP contribution in [0.5, 0.6) is 0 Å². The smallest absolute Gasteiger partial charge is 0.308 e. The Morgan fingerprint density at radius 1 is 1.19 bits per heavy atom. The number of aliphatic carboxylic acids is 1. The van der Waals surface area contributed by atoms with Crippen LogP contribution in [0.4, 0.5) is 0 Å². The SMILES string of the molecule is CCc1ccc(-n2nc(C(=O)N3CCC[C@H](C(=O)O)C3)c3c2CCC3)cc1. The number of hydrogen-bond acceptors (Lipinski definition) is 3. The lowest BCUT2D eigenvalue weighted by Crippen LogP contribution is -2.42. The predicted octanol–water partition coefficient (Wildman–Crippen LogP) is 2.86. The summed E-state index contributed by atoms with van der Waals surface area (Å²) in [6.45, 7) is 3.01. The molecule has 1 atom stereocenters. The molecule has 1 N–H and O–H groups in total. The molecule has 0 radical (unpaired) electrons. The van der Waals surface area contributed by atoms with Gasteiger partial charge in [-0.15, -0.1) is 0 Å². The Bertz CT molecular complexity index is 870. The number of nitrogens with zero attached hydrogens (tertiary/aromatic N) is 3. The van der Waals surface area contributed by atoms with Crippen LogP contribution in [0.1, 0.15) is 53.5 Å². The minimum atomic E-state index is -0.820. The fraction of sp³-hybridized carbons (Fsp3) is 0.476. The second-order valence-electron chi connectivity index (χ2n) is 7.49. The summed E-state index contributed by atoms with van der Waals surface area (Å²) in [5, 5.41) is 14.0. The van der Waals surface area contributed by atoms with Crippen molar-refractivity contribution in [1.82, 2.24) is 14.7 Å². The average molecular weight is 367 g/mol. The Balaban J connectivity index is 1.65. The topological polar surface area (TPSA) is 75.4 Å². The Hall–Kier alpha value is -2.63. The number of amides is 1. The number of carbonyl (C=O) groups excluding carboxylic acids is 1. The summed E-state index contributed by atoms with van der Waals surface area (Å²) >= 11 is 0. The van der Waals surface area contributed by atoms with Gasteiger partial charge in [-0.2, -0.15) is 5.10 Å². The largest absolute Gasteiger partial charge is 0.481 e. The molecular weight excluding hydrogens is 342 g/mol. The average Bonchev–Trinajstić information content (AvgIpc) is 3.30. The number of aryl methyl sites for hydroxylation is 1. The van der Waals surface area contributed by atoms with Crippen LogP contribution in [0.15, 0.2) is 24.3 Å². The van der Waals surface area contributed by atoms with Gasteiger partial charge in [0.15, 0.2) is 5.69 Å². The highest BCUT2D eigenvalue weighted by Crippen LogP contribution is 2.29. The van der Waals surface area contributed by atoms with Crippen LogP contribution >= 0.6 is 0 Å². The number of carboxylic acids is 1. The number of piperidine rings is 1. The molecule has 0 spiro atoms. The maximum absolute atomic E-state index is 13.1. The fourth-order valence-corrected chi connectivity index (χ4v) is 4.21. The van der Waals surface area contributed by atoms with Crippen molar-refractivity contribution in [3.05, 3.63) is 46.8 Å². The quantitative estimate of drug-likeness (QED) is 0.902. The van der Waals surface area contributed by atoms with Gasteiger partial charge in [-0.05, 0) is 56.2 Å². The second-order valence-corrected chi connectivity index (χ2v) is 7.49. The van der Waals surface area contributed by atoms with Crippen LogP contribution in [-0.2, 0) is 24.1 Å². The standard InChI is InChI=1S/C21H25N3O3/c1-2-14-8-10-16(11-9-14)24-18-7-3-6-17(18)19(22-24)20(25)23-12-4-5-15(13-23)21(26)27/h8-11,15H,2-7,12-13H2,1H3,(H,26,27)/t15-/m0/s1. The summed E-state index contributed by atoms with van der Waals surface area (Å²) in [6, 6.07) is 8.31. The van der Waals surface area contributed by atoms with Crippen molar-refractivity contribution in [1.29, 1.82) is 0 Å². The zero-order valence-electron chi connectivity index (χ0n) is 15.6. The lowest BCUT2D eigenvalue weighted by atomic mass is 9.98. The number of benzene rings is 1. The molecule has 2 aromatic rings. The minimum absolute atomic E-state index is 0.122. The van der Waals surface area contributed by atoms with Crippen LogP contribution in [0.25, 0.3) is 5.69 Å². The zero-order valence-corrected chi connectivity index (χ0v) is 15.6. The lowest BCUT2D eigenvalue weighted by Gasteiger charge is -2.30. The third kappa shape index (κ3) is 3.24. The first-order chi connectivity index (χ1) is 13.1. The van der Waals surface area contributed by atoms with E-state index in [1.165, 1.54) is 5.56 Å². The molecule has 1 aromatic heterocycles. The Labute approximate surface area is 158 Å². The number of rotatable bonds is 4. The molecule has 1 aliphatic heterocycles. The molecular formula is C21H25N3O3. The molecule has 6 heteroatoms. The summed E-state index contributed by atoms with van der Waals surface area (Å²) in [6.07, 6.45) is 5.15. The maximum Gasteiger partial charge on any atom is 0.308 e. The number of fused-ring (bicyclic) bond motifs is 1. The number of carbonyl (C=O) groups is 2. The molecule has 142 valence electrons. The zero-order chi connectivity index (χ0) is 19.0. The van der Waals surface area contributed by atoms with Gasteiger partial charge in [0.2, 0.25) is 0 Å². The van der Waals surface area contributed by atoms with E-state index in [4.69, 9.17) is 0 Å². The molecule has 4 rings (SSSR count). The molecule has 0 bridgehead atoms. The van der Waals surface area contributed by atoms with Crippen molar-refractivity contribution in [2.45, 2.75) is 45.4 Å². The highest BCUT2D eigenvalue weighted by Gasteiger charge is 2.33. The first-order valence-corrected chi connectivity index (χ1v) is 9.80. The molecule has 1 aliphatic carbocycles. The van der Waals surface area contributed by atoms with Crippen molar-refractivity contribution in [2.75, 3.05) is 13.1 Å². The van der Waals surface area contributed by atoms with Crippen LogP contribution < -0.4 is 0 Å². The maximum atomic E-state index is 13.1. The monoisotopic (exact) mass is 367 g/mol. The normalized spacial score (nSPS) is 19.1. The molecule has 2 aliphatic rings. The highest BCUT2D eigenvalue weighted by molar-refractivity contribution is 5.94. The number of hydrogen-bond donors (Lipinski definition) is 1. The van der Waals surface area contributed by atoms with Crippen LogP contribution in [0, 0.1) is 5.92 Å². The van der Waals surface area contributed by atoms with Crippen molar-refractivity contribution < 1.29 is 14.7 Å². The van der Waals surface area contributed by atoms with Crippen molar-refractivity contribution in [3.8, 4) is 5.69 Å². The molecule has 1 aromatic carbocycles. The van der Waals surface area contributed by atoms with Crippen molar-refractivity contribution in [2.24, 2.45) is 5.92 Å². The first kappa shape index (κ1) is 17.8. The molecule has 0 saturated carbocycles. The Morgan fingerprint density at radius 3 is 2.67 bits per heavy atom. The number of carboxylic acid groups (broad SMARTS) is 1. The van der Waals surface area contributed by atoms with Crippen LogP contribution in [0.3, 0.4) is 0 Å². The summed E-state index contributed by atoms with van der Waals surface area (Å²) in [4.78, 5) is 26.1. The van der Waals surface area contributed by atoms with Gasteiger partial charge in [-0.3, -0.25) is 9.59 Å². The van der Waals surface area contributed by atoms with Crippen molar-refractivity contribution in [3.63, 3.8) is 0 Å². The van der Waals surface area contributed by atoms with E-state index >= 15 is 0 Å². The molecule has 1 saturated heterocycles. The van der Waals surface area contributed by atoms with Gasteiger partial charge in [-0.1, -0.05) is 19.1 Å². The predicted molar refractivity (Wildman–Crippen MR) is 101 cm³/mol. The van der Waals surface area contributed by atoms with Crippen LogP contribution in [-0.4, -0.2) is 44.8 Å². The Kier molecular flexibility index (Phi) is 4.72. The molecule has 1 fully saturated rings. The van der Waals surface area contributed by atoms with E-state index in [0.717, 1.165) is 49.0 Å². The highest BCUT2D eigenvalue weighted by atomic mass is 16.4. The van der Waals surface area contributed by atoms with Gasteiger partial charge in [-0.25, -0.2) is 4.68 Å². The second kappa shape index (κ2) is 7.18. The molecule has 1 amide bonds. The van der Waals surface area contributed by atoms with Gasteiger partial charge < -0.3 is 10.0 Å². The van der Waals surface area contributed by atoms with E-state index in [2.05, 4.69) is 36.3 Å². The molecule has 6 nitrogen and oxygen atoms in total. The number of aromatic nitrogens is 2. The summed E-state index contributed by atoms with van der Waals surface area (Å²) in [5.74, 6) is -1.42. The van der Waals surface area contributed by atoms with Gasteiger partial charge in [0, 0.05) is 24.3 Å². The minimum Gasteiger partial charge on any atom is -0.481 e. The Morgan fingerprint density at radius 2 is 1.96 bits per heavy atom. The third-order valence-corrected chi connectivity index (χ3v) is 5.78. The van der Waals surface area contributed by atoms with E-state index in [9.17, 15) is 14.7 Å². The molecule has 2 heterocycles. The lowest BCUT2D eigenvalue weighted by molar-refractivity contribution is -0.143. The van der Waals surface area contributed by atoms with Gasteiger partial charge in [0.05, 0.1) is 11.6 Å². The van der Waals surface area contributed by atoms with Gasteiger partial charge in [0.25, 0.3) is 5.91 Å². The summed E-state index contributed by atoms with van der Waals surface area (Å²) in [7, 11) is 0. The fourth-order valence-electron chi connectivity index (χ4n) is 4.21. The van der Waals surface area contributed by atoms with E-state index in [1.54, 1.807) is 4.90 Å².